The van der Waals surface area contributed by atoms with E-state index in [1.165, 1.54) is 6.08 Å². The highest BCUT2D eigenvalue weighted by Gasteiger charge is 2.16. The lowest BCUT2D eigenvalue weighted by molar-refractivity contribution is -0.131. The minimum atomic E-state index is -1.05. The molecule has 0 saturated carbocycles. The van der Waals surface area contributed by atoms with E-state index in [0.717, 1.165) is 11.8 Å². The highest BCUT2D eigenvalue weighted by atomic mass is 16.5. The van der Waals surface area contributed by atoms with Crippen LogP contribution in [0.4, 0.5) is 0 Å². The number of carbonyl (C=O) groups excluding carboxylic acids is 1. The molecule has 0 spiro atoms. The van der Waals surface area contributed by atoms with E-state index in [9.17, 15) is 9.59 Å². The van der Waals surface area contributed by atoms with Gasteiger partial charge in [0, 0.05) is 6.08 Å². The van der Waals surface area contributed by atoms with Crippen LogP contribution in [0.2, 0.25) is 0 Å². The third-order valence-electron chi connectivity index (χ3n) is 3.16. The zero-order valence-corrected chi connectivity index (χ0v) is 13.0. The van der Waals surface area contributed by atoms with Crippen LogP contribution in [0, 0.1) is 20.8 Å². The maximum atomic E-state index is 12.2. The standard InChI is InChI=1S/C17H16N2O4/c1-10-11(2)19-16(12(3)18-10)17(22)23-14-6-4-5-13(9-14)7-8-15(20)21/h4-9H,1-3H3,(H,20,21)/b8-7+. The van der Waals surface area contributed by atoms with Crippen LogP contribution in [0.3, 0.4) is 0 Å². The van der Waals surface area contributed by atoms with E-state index in [-0.39, 0.29) is 5.69 Å². The highest BCUT2D eigenvalue weighted by Crippen LogP contribution is 2.17. The topological polar surface area (TPSA) is 89.4 Å². The lowest BCUT2D eigenvalue weighted by atomic mass is 10.2. The SMILES string of the molecule is Cc1nc(C)c(C(=O)Oc2cccc(/C=C/C(=O)O)c2)nc1C. The molecular formula is C17H16N2O4. The average molecular weight is 312 g/mol. The molecule has 23 heavy (non-hydrogen) atoms. The van der Waals surface area contributed by atoms with Crippen molar-refractivity contribution in [1.29, 1.82) is 0 Å². The van der Waals surface area contributed by atoms with E-state index in [4.69, 9.17) is 9.84 Å². The van der Waals surface area contributed by atoms with Crippen LogP contribution in [0.5, 0.6) is 5.75 Å². The maximum absolute atomic E-state index is 12.2. The number of nitrogens with zero attached hydrogens (tertiary/aromatic N) is 2. The van der Waals surface area contributed by atoms with Crippen LogP contribution in [0.15, 0.2) is 30.3 Å². The second-order valence-corrected chi connectivity index (χ2v) is 4.96. The molecule has 0 aliphatic heterocycles. The first-order chi connectivity index (χ1) is 10.9. The van der Waals surface area contributed by atoms with Gasteiger partial charge in [-0.25, -0.2) is 14.6 Å². The third-order valence-corrected chi connectivity index (χ3v) is 3.16. The van der Waals surface area contributed by atoms with Gasteiger partial charge in [-0.05, 0) is 44.5 Å². The van der Waals surface area contributed by atoms with Gasteiger partial charge in [-0.15, -0.1) is 0 Å². The monoisotopic (exact) mass is 312 g/mol. The van der Waals surface area contributed by atoms with Gasteiger partial charge >= 0.3 is 11.9 Å². The van der Waals surface area contributed by atoms with Gasteiger partial charge in [-0.2, -0.15) is 0 Å². The Morgan fingerprint density at radius 1 is 1.09 bits per heavy atom. The predicted molar refractivity (Wildman–Crippen MR) is 84.3 cm³/mol. The Morgan fingerprint density at radius 2 is 1.78 bits per heavy atom. The Hall–Kier alpha value is -3.02. The fraction of sp³-hybridized carbons (Fsp3) is 0.176. The molecule has 0 unspecified atom stereocenters. The number of hydrogen-bond acceptors (Lipinski definition) is 5. The van der Waals surface area contributed by atoms with Crippen molar-refractivity contribution in [3.05, 3.63) is 58.7 Å². The summed E-state index contributed by atoms with van der Waals surface area (Å²) in [6, 6.07) is 6.56. The summed E-state index contributed by atoms with van der Waals surface area (Å²) in [5, 5.41) is 8.63. The summed E-state index contributed by atoms with van der Waals surface area (Å²) >= 11 is 0. The molecule has 2 aromatic rings. The Morgan fingerprint density at radius 3 is 2.48 bits per heavy atom. The molecule has 0 aliphatic carbocycles. The van der Waals surface area contributed by atoms with E-state index < -0.39 is 11.9 Å². The summed E-state index contributed by atoms with van der Waals surface area (Å²) in [6.45, 7) is 5.29. The Balaban J connectivity index is 2.22. The van der Waals surface area contributed by atoms with Crippen molar-refractivity contribution in [2.75, 3.05) is 0 Å². The molecule has 2 rings (SSSR count). The molecule has 6 heteroatoms. The third kappa shape index (κ3) is 4.23. The van der Waals surface area contributed by atoms with Crippen LogP contribution < -0.4 is 4.74 Å². The number of rotatable bonds is 4. The van der Waals surface area contributed by atoms with Crippen molar-refractivity contribution in [1.82, 2.24) is 9.97 Å². The second kappa shape index (κ2) is 6.83. The molecule has 0 aliphatic rings. The molecule has 1 heterocycles. The minimum absolute atomic E-state index is 0.166. The fourth-order valence-corrected chi connectivity index (χ4v) is 1.91. The molecule has 0 bridgehead atoms. The van der Waals surface area contributed by atoms with Crippen molar-refractivity contribution in [3.8, 4) is 5.75 Å². The number of hydrogen-bond donors (Lipinski definition) is 1. The first-order valence-corrected chi connectivity index (χ1v) is 6.92. The van der Waals surface area contributed by atoms with Crippen LogP contribution in [0.1, 0.15) is 33.1 Å². The molecular weight excluding hydrogens is 296 g/mol. The smallest absolute Gasteiger partial charge is 0.364 e. The zero-order chi connectivity index (χ0) is 17.0. The zero-order valence-electron chi connectivity index (χ0n) is 13.0. The highest BCUT2D eigenvalue weighted by molar-refractivity contribution is 5.90. The summed E-state index contributed by atoms with van der Waals surface area (Å²) in [7, 11) is 0. The number of ether oxygens (including phenoxy) is 1. The molecule has 1 N–H and O–H groups in total. The van der Waals surface area contributed by atoms with Gasteiger partial charge in [0.05, 0.1) is 17.1 Å². The lowest BCUT2D eigenvalue weighted by Gasteiger charge is -2.08. The van der Waals surface area contributed by atoms with Crippen molar-refractivity contribution >= 4 is 18.0 Å². The largest absolute Gasteiger partial charge is 0.478 e. The molecule has 0 atom stereocenters. The van der Waals surface area contributed by atoms with Crippen molar-refractivity contribution < 1.29 is 19.4 Å². The number of aryl methyl sites for hydroxylation is 3. The van der Waals surface area contributed by atoms with Crippen LogP contribution in [0.25, 0.3) is 6.08 Å². The molecule has 0 fully saturated rings. The molecule has 6 nitrogen and oxygen atoms in total. The van der Waals surface area contributed by atoms with E-state index in [0.29, 0.717) is 22.7 Å². The normalized spacial score (nSPS) is 10.7. The molecule has 1 aromatic heterocycles. The van der Waals surface area contributed by atoms with Gasteiger partial charge in [0.25, 0.3) is 0 Å². The summed E-state index contributed by atoms with van der Waals surface area (Å²) in [5.41, 5.74) is 2.71. The predicted octanol–water partition coefficient (Wildman–Crippen LogP) is 2.72. The van der Waals surface area contributed by atoms with Crippen LogP contribution >= 0.6 is 0 Å². The molecule has 1 aromatic carbocycles. The molecule has 0 saturated heterocycles. The Labute approximate surface area is 133 Å². The first-order valence-electron chi connectivity index (χ1n) is 6.92. The van der Waals surface area contributed by atoms with E-state index in [1.54, 1.807) is 38.1 Å². The first kappa shape index (κ1) is 16.4. The molecule has 0 radical (unpaired) electrons. The number of carboxylic acids is 1. The number of aromatic nitrogens is 2. The van der Waals surface area contributed by atoms with Gasteiger partial charge in [-0.3, -0.25) is 4.98 Å². The van der Waals surface area contributed by atoms with Crippen LogP contribution in [-0.4, -0.2) is 27.0 Å². The number of carbonyl (C=O) groups is 2. The Bertz CT molecular complexity index is 797. The van der Waals surface area contributed by atoms with Crippen LogP contribution in [-0.2, 0) is 4.79 Å². The fourth-order valence-electron chi connectivity index (χ4n) is 1.91. The second-order valence-electron chi connectivity index (χ2n) is 4.96. The number of esters is 1. The van der Waals surface area contributed by atoms with Crippen molar-refractivity contribution in [2.45, 2.75) is 20.8 Å². The molecule has 0 amide bonds. The van der Waals surface area contributed by atoms with Gasteiger partial charge in [0.1, 0.15) is 5.75 Å². The minimum Gasteiger partial charge on any atom is -0.478 e. The van der Waals surface area contributed by atoms with E-state index in [1.807, 2.05) is 6.92 Å². The Kier molecular flexibility index (Phi) is 4.85. The number of benzene rings is 1. The summed E-state index contributed by atoms with van der Waals surface area (Å²) in [5.74, 6) is -1.34. The van der Waals surface area contributed by atoms with Gasteiger partial charge in [0.2, 0.25) is 0 Å². The maximum Gasteiger partial charge on any atom is 0.364 e. The lowest BCUT2D eigenvalue weighted by Crippen LogP contribution is -2.15. The van der Waals surface area contributed by atoms with Crippen molar-refractivity contribution in [3.63, 3.8) is 0 Å². The van der Waals surface area contributed by atoms with E-state index >= 15 is 0 Å². The van der Waals surface area contributed by atoms with Gasteiger partial charge < -0.3 is 9.84 Å². The summed E-state index contributed by atoms with van der Waals surface area (Å²) in [4.78, 5) is 31.3. The van der Waals surface area contributed by atoms with Gasteiger partial charge in [-0.1, -0.05) is 12.1 Å². The summed E-state index contributed by atoms with van der Waals surface area (Å²) in [6.07, 6.45) is 2.43. The number of aliphatic carboxylic acids is 1. The van der Waals surface area contributed by atoms with Crippen molar-refractivity contribution in [2.24, 2.45) is 0 Å². The van der Waals surface area contributed by atoms with Gasteiger partial charge in [0.15, 0.2) is 5.69 Å². The molecule has 118 valence electrons. The number of carboxylic acid groups (broad SMARTS) is 1. The summed E-state index contributed by atoms with van der Waals surface area (Å²) < 4.78 is 5.30. The average Bonchev–Trinajstić information content (AvgIpc) is 2.49. The quantitative estimate of drug-likeness (QED) is 0.530. The van der Waals surface area contributed by atoms with E-state index in [2.05, 4.69) is 9.97 Å².